The van der Waals surface area contributed by atoms with Gasteiger partial charge in [-0.1, -0.05) is 23.7 Å². The van der Waals surface area contributed by atoms with Crippen molar-refractivity contribution in [3.63, 3.8) is 0 Å². The highest BCUT2D eigenvalue weighted by Crippen LogP contribution is 2.27. The number of benzene rings is 2. The van der Waals surface area contributed by atoms with Crippen LogP contribution < -0.4 is 10.6 Å². The molecule has 2 aromatic carbocycles. The first-order valence-electron chi connectivity index (χ1n) is 8.08. The molecule has 3 rings (SSSR count). The van der Waals surface area contributed by atoms with Gasteiger partial charge in [0, 0.05) is 28.9 Å². The lowest BCUT2D eigenvalue weighted by molar-refractivity contribution is -0.0520. The molecule has 1 aliphatic rings. The maximum Gasteiger partial charge on any atom is 0.255 e. The lowest BCUT2D eigenvalue weighted by Gasteiger charge is -2.34. The van der Waals surface area contributed by atoms with E-state index in [1.807, 2.05) is 24.3 Å². The summed E-state index contributed by atoms with van der Waals surface area (Å²) in [5, 5.41) is 6.95. The first-order valence-corrected chi connectivity index (χ1v) is 8.46. The third-order valence-corrected chi connectivity index (χ3v) is 4.42. The van der Waals surface area contributed by atoms with Gasteiger partial charge in [-0.05, 0) is 55.8 Å². The van der Waals surface area contributed by atoms with Crippen LogP contribution in [0.25, 0.3) is 0 Å². The fourth-order valence-electron chi connectivity index (χ4n) is 2.80. The zero-order valence-corrected chi connectivity index (χ0v) is 14.5. The Bertz CT molecular complexity index is 700. The minimum atomic E-state index is -0.156. The van der Waals surface area contributed by atoms with Crippen LogP contribution in [0.3, 0.4) is 0 Å². The molecule has 0 saturated carbocycles. The fraction of sp³-hybridized carbons (Fsp3) is 0.316. The summed E-state index contributed by atoms with van der Waals surface area (Å²) in [6.45, 7) is 5.05. The van der Waals surface area contributed by atoms with Crippen molar-refractivity contribution in [2.75, 3.05) is 11.9 Å². The molecule has 1 fully saturated rings. The number of ether oxygens (including phenoxy) is 1. The second-order valence-electron chi connectivity index (χ2n) is 6.15. The largest absolute Gasteiger partial charge is 0.368 e. The summed E-state index contributed by atoms with van der Waals surface area (Å²) < 4.78 is 6.02. The minimum absolute atomic E-state index is 0.0229. The van der Waals surface area contributed by atoms with Gasteiger partial charge in [0.2, 0.25) is 0 Å². The summed E-state index contributed by atoms with van der Waals surface area (Å²) in [4.78, 5) is 12.2. The molecule has 126 valence electrons. The van der Waals surface area contributed by atoms with E-state index in [9.17, 15) is 4.79 Å². The van der Waals surface area contributed by atoms with Crippen molar-refractivity contribution in [1.29, 1.82) is 0 Å². The van der Waals surface area contributed by atoms with E-state index in [0.717, 1.165) is 17.8 Å². The number of morpholine rings is 1. The van der Waals surface area contributed by atoms with Gasteiger partial charge in [0.1, 0.15) is 0 Å². The summed E-state index contributed by atoms with van der Waals surface area (Å²) >= 11 is 5.84. The number of amides is 1. The number of carbonyl (C=O) groups excluding carboxylic acids is 1. The van der Waals surface area contributed by atoms with Crippen LogP contribution in [-0.2, 0) is 4.74 Å². The quantitative estimate of drug-likeness (QED) is 0.883. The third-order valence-electron chi connectivity index (χ3n) is 4.16. The fourth-order valence-corrected chi connectivity index (χ4v) is 2.93. The van der Waals surface area contributed by atoms with Gasteiger partial charge in [-0.3, -0.25) is 4.79 Å². The maximum atomic E-state index is 12.2. The van der Waals surface area contributed by atoms with E-state index in [4.69, 9.17) is 16.3 Å². The second kappa shape index (κ2) is 7.34. The molecule has 3 atom stereocenters. The Morgan fingerprint density at radius 2 is 1.79 bits per heavy atom. The van der Waals surface area contributed by atoms with E-state index in [1.165, 1.54) is 0 Å². The Morgan fingerprint density at radius 3 is 2.46 bits per heavy atom. The molecule has 1 heterocycles. The van der Waals surface area contributed by atoms with Gasteiger partial charge < -0.3 is 15.4 Å². The van der Waals surface area contributed by atoms with Gasteiger partial charge in [-0.15, -0.1) is 0 Å². The zero-order chi connectivity index (χ0) is 17.1. The van der Waals surface area contributed by atoms with Gasteiger partial charge in [0.25, 0.3) is 5.91 Å². The molecule has 24 heavy (non-hydrogen) atoms. The number of hydrogen-bond donors (Lipinski definition) is 2. The van der Waals surface area contributed by atoms with Gasteiger partial charge in [0.05, 0.1) is 12.2 Å². The number of anilines is 1. The average molecular weight is 345 g/mol. The Labute approximate surface area is 147 Å². The van der Waals surface area contributed by atoms with Crippen molar-refractivity contribution >= 4 is 23.2 Å². The van der Waals surface area contributed by atoms with Crippen LogP contribution in [0.1, 0.15) is 35.9 Å². The Balaban J connectivity index is 1.68. The average Bonchev–Trinajstić information content (AvgIpc) is 2.58. The number of rotatable bonds is 3. The highest BCUT2D eigenvalue weighted by molar-refractivity contribution is 6.30. The molecule has 2 aromatic rings. The number of carbonyl (C=O) groups is 1. The summed E-state index contributed by atoms with van der Waals surface area (Å²) in [7, 11) is 0. The summed E-state index contributed by atoms with van der Waals surface area (Å²) in [6.07, 6.45) is 0.213. The first-order chi connectivity index (χ1) is 11.5. The smallest absolute Gasteiger partial charge is 0.255 e. The first kappa shape index (κ1) is 17.0. The van der Waals surface area contributed by atoms with Gasteiger partial charge in [-0.25, -0.2) is 0 Å². The molecule has 0 aromatic heterocycles. The van der Waals surface area contributed by atoms with E-state index in [-0.39, 0.29) is 24.2 Å². The van der Waals surface area contributed by atoms with E-state index in [2.05, 4.69) is 24.5 Å². The molecule has 1 aliphatic heterocycles. The molecule has 1 saturated heterocycles. The third kappa shape index (κ3) is 3.96. The highest BCUT2D eigenvalue weighted by atomic mass is 35.5. The molecule has 2 unspecified atom stereocenters. The van der Waals surface area contributed by atoms with E-state index in [0.29, 0.717) is 10.6 Å². The molecule has 0 radical (unpaired) electrons. The van der Waals surface area contributed by atoms with Crippen molar-refractivity contribution in [2.45, 2.75) is 32.1 Å². The van der Waals surface area contributed by atoms with Crippen LogP contribution in [0.2, 0.25) is 5.02 Å². The number of nitrogens with one attached hydrogen (secondary N) is 2. The monoisotopic (exact) mass is 344 g/mol. The van der Waals surface area contributed by atoms with Crippen LogP contribution in [0.5, 0.6) is 0 Å². The Kier molecular flexibility index (Phi) is 5.19. The molecular formula is C19H21ClN2O2. The molecule has 0 aliphatic carbocycles. The molecule has 0 spiro atoms. The normalized spacial score (nSPS) is 23.7. The van der Waals surface area contributed by atoms with Crippen molar-refractivity contribution in [3.05, 3.63) is 64.7 Å². The van der Waals surface area contributed by atoms with E-state index < -0.39 is 0 Å². The Hall–Kier alpha value is -1.88. The molecule has 1 amide bonds. The maximum absolute atomic E-state index is 12.2. The highest BCUT2D eigenvalue weighted by Gasteiger charge is 2.26. The van der Waals surface area contributed by atoms with Crippen molar-refractivity contribution in [3.8, 4) is 0 Å². The van der Waals surface area contributed by atoms with Crippen LogP contribution in [0.4, 0.5) is 5.69 Å². The van der Waals surface area contributed by atoms with Crippen LogP contribution in [0.15, 0.2) is 48.5 Å². The number of halogens is 1. The van der Waals surface area contributed by atoms with Gasteiger partial charge >= 0.3 is 0 Å². The summed E-state index contributed by atoms with van der Waals surface area (Å²) in [5.41, 5.74) is 2.43. The van der Waals surface area contributed by atoms with Crippen LogP contribution in [0, 0.1) is 0 Å². The predicted octanol–water partition coefficient (Wildman–Crippen LogP) is 4.03. The molecular weight excluding hydrogens is 324 g/mol. The van der Waals surface area contributed by atoms with Crippen molar-refractivity contribution in [1.82, 2.24) is 5.32 Å². The standard InChI is InChI=1S/C19H21ClN2O2/c1-12-11-21-13(2)18(24-12)14-5-9-17(10-6-14)22-19(23)15-3-7-16(20)8-4-15/h3-10,12-13,18,21H,11H2,1-2H3,(H,22,23)/t12?,13-,18?/m0/s1. The van der Waals surface area contributed by atoms with Crippen molar-refractivity contribution < 1.29 is 9.53 Å². The molecule has 0 bridgehead atoms. The minimum Gasteiger partial charge on any atom is -0.368 e. The second-order valence-corrected chi connectivity index (χ2v) is 6.58. The SMILES string of the molecule is CC1CN[C@@H](C)C(c2ccc(NC(=O)c3ccc(Cl)cc3)cc2)O1. The lowest BCUT2D eigenvalue weighted by atomic mass is 10.0. The van der Waals surface area contributed by atoms with Crippen molar-refractivity contribution in [2.24, 2.45) is 0 Å². The Morgan fingerprint density at radius 1 is 1.12 bits per heavy atom. The molecule has 4 nitrogen and oxygen atoms in total. The topological polar surface area (TPSA) is 50.4 Å². The summed E-state index contributed by atoms with van der Waals surface area (Å²) in [6, 6.07) is 14.9. The van der Waals surface area contributed by atoms with E-state index >= 15 is 0 Å². The van der Waals surface area contributed by atoms with E-state index in [1.54, 1.807) is 24.3 Å². The lowest BCUT2D eigenvalue weighted by Crippen LogP contribution is -2.45. The molecule has 2 N–H and O–H groups in total. The van der Waals surface area contributed by atoms with Crippen LogP contribution in [-0.4, -0.2) is 24.6 Å². The molecule has 5 heteroatoms. The predicted molar refractivity (Wildman–Crippen MR) is 96.6 cm³/mol. The van der Waals surface area contributed by atoms with Gasteiger partial charge in [0.15, 0.2) is 0 Å². The number of hydrogen-bond acceptors (Lipinski definition) is 3. The zero-order valence-electron chi connectivity index (χ0n) is 13.8. The summed E-state index contributed by atoms with van der Waals surface area (Å²) in [5.74, 6) is -0.156. The van der Waals surface area contributed by atoms with Crippen LogP contribution >= 0.6 is 11.6 Å². The van der Waals surface area contributed by atoms with Gasteiger partial charge in [-0.2, -0.15) is 0 Å².